The third-order valence-corrected chi connectivity index (χ3v) is 3.63. The molecule has 0 aliphatic carbocycles. The molecule has 1 nitrogen and oxygen atoms in total. The first-order valence-corrected chi connectivity index (χ1v) is 6.90. The predicted molar refractivity (Wildman–Crippen MR) is 76.4 cm³/mol. The maximum atomic E-state index is 3.47. The van der Waals surface area contributed by atoms with Gasteiger partial charge in [-0.25, -0.2) is 0 Å². The van der Waals surface area contributed by atoms with Crippen LogP contribution in [0.4, 0.5) is 0 Å². The van der Waals surface area contributed by atoms with Gasteiger partial charge in [-0.2, -0.15) is 0 Å². The minimum absolute atomic E-state index is 0.649. The Bertz CT molecular complexity index is 319. The Kier molecular flexibility index (Phi) is 6.28. The van der Waals surface area contributed by atoms with Gasteiger partial charge >= 0.3 is 0 Å². The summed E-state index contributed by atoms with van der Waals surface area (Å²) in [6.45, 7) is 6.80. The van der Waals surface area contributed by atoms with E-state index >= 15 is 0 Å². The topological polar surface area (TPSA) is 12.0 Å². The van der Waals surface area contributed by atoms with Crippen LogP contribution in [-0.2, 0) is 6.42 Å². The summed E-state index contributed by atoms with van der Waals surface area (Å²) >= 11 is 0. The molecule has 0 saturated heterocycles. The van der Waals surface area contributed by atoms with Crippen LogP contribution in [-0.4, -0.2) is 13.1 Å². The van der Waals surface area contributed by atoms with Crippen LogP contribution >= 0.6 is 0 Å². The van der Waals surface area contributed by atoms with E-state index in [-0.39, 0.29) is 0 Å². The van der Waals surface area contributed by atoms with Crippen LogP contribution in [0.15, 0.2) is 24.3 Å². The Balaban J connectivity index is 2.47. The monoisotopic (exact) mass is 233 g/mol. The van der Waals surface area contributed by atoms with E-state index in [9.17, 15) is 0 Å². The zero-order chi connectivity index (χ0) is 12.7. The quantitative estimate of drug-likeness (QED) is 0.752. The van der Waals surface area contributed by atoms with Crippen molar-refractivity contribution in [3.63, 3.8) is 0 Å². The lowest BCUT2D eigenvalue weighted by Crippen LogP contribution is -2.32. The van der Waals surface area contributed by atoms with Crippen LogP contribution in [0.3, 0.4) is 0 Å². The van der Waals surface area contributed by atoms with Gasteiger partial charge in [-0.05, 0) is 44.7 Å². The summed E-state index contributed by atoms with van der Waals surface area (Å²) < 4.78 is 0. The molecule has 0 fully saturated rings. The van der Waals surface area contributed by atoms with Gasteiger partial charge in [0.15, 0.2) is 0 Å². The molecular weight excluding hydrogens is 206 g/mol. The molecule has 0 aliphatic heterocycles. The van der Waals surface area contributed by atoms with Crippen LogP contribution in [0.2, 0.25) is 0 Å². The van der Waals surface area contributed by atoms with E-state index < -0.39 is 0 Å². The number of hydrogen-bond acceptors (Lipinski definition) is 1. The molecule has 0 amide bonds. The second kappa shape index (κ2) is 7.50. The number of nitrogens with one attached hydrogen (secondary N) is 1. The standard InChI is InChI=1S/C16H27N/c1-5-7-14(3)16(17-4)11-10-15-9-6-8-13(2)12-15/h6,8-9,12,14,16-17H,5,7,10-11H2,1-4H3. The van der Waals surface area contributed by atoms with Crippen LogP contribution in [0.25, 0.3) is 0 Å². The average Bonchev–Trinajstić information content (AvgIpc) is 2.30. The Morgan fingerprint density at radius 3 is 2.59 bits per heavy atom. The highest BCUT2D eigenvalue weighted by Crippen LogP contribution is 2.16. The van der Waals surface area contributed by atoms with Crippen LogP contribution in [0.5, 0.6) is 0 Å². The Morgan fingerprint density at radius 1 is 1.24 bits per heavy atom. The van der Waals surface area contributed by atoms with E-state index in [0.29, 0.717) is 6.04 Å². The van der Waals surface area contributed by atoms with E-state index in [1.165, 1.54) is 36.8 Å². The van der Waals surface area contributed by atoms with Gasteiger partial charge in [0, 0.05) is 6.04 Å². The Morgan fingerprint density at radius 2 is 2.00 bits per heavy atom. The van der Waals surface area contributed by atoms with Gasteiger partial charge in [0.05, 0.1) is 0 Å². The van der Waals surface area contributed by atoms with Crippen molar-refractivity contribution in [2.24, 2.45) is 5.92 Å². The summed E-state index contributed by atoms with van der Waals surface area (Å²) in [6.07, 6.45) is 5.02. The molecule has 17 heavy (non-hydrogen) atoms. The highest BCUT2D eigenvalue weighted by molar-refractivity contribution is 5.22. The van der Waals surface area contributed by atoms with E-state index in [1.807, 2.05) is 0 Å². The summed E-state index contributed by atoms with van der Waals surface area (Å²) in [6, 6.07) is 9.52. The lowest BCUT2D eigenvalue weighted by atomic mass is 9.92. The molecule has 1 rings (SSSR count). The minimum atomic E-state index is 0.649. The smallest absolute Gasteiger partial charge is 0.00928 e. The van der Waals surface area contributed by atoms with E-state index in [0.717, 1.165) is 5.92 Å². The van der Waals surface area contributed by atoms with Gasteiger partial charge in [0.1, 0.15) is 0 Å². The molecule has 1 aromatic carbocycles. The fraction of sp³-hybridized carbons (Fsp3) is 0.625. The SMILES string of the molecule is CCCC(C)C(CCc1cccc(C)c1)NC. The molecule has 0 radical (unpaired) electrons. The summed E-state index contributed by atoms with van der Waals surface area (Å²) in [4.78, 5) is 0. The largest absolute Gasteiger partial charge is 0.317 e. The van der Waals surface area contributed by atoms with Crippen molar-refractivity contribution in [1.82, 2.24) is 5.32 Å². The molecule has 2 atom stereocenters. The molecule has 0 bridgehead atoms. The van der Waals surface area contributed by atoms with Crippen molar-refractivity contribution in [3.05, 3.63) is 35.4 Å². The lowest BCUT2D eigenvalue weighted by Gasteiger charge is -2.23. The molecule has 0 aromatic heterocycles. The second-order valence-corrected chi connectivity index (χ2v) is 5.19. The maximum absolute atomic E-state index is 3.47. The average molecular weight is 233 g/mol. The first-order chi connectivity index (χ1) is 8.17. The van der Waals surface area contributed by atoms with Crippen molar-refractivity contribution in [2.45, 2.75) is 52.5 Å². The predicted octanol–water partition coefficient (Wildman–Crippen LogP) is 3.95. The molecule has 0 spiro atoms. The Hall–Kier alpha value is -0.820. The van der Waals surface area contributed by atoms with Crippen molar-refractivity contribution >= 4 is 0 Å². The highest BCUT2D eigenvalue weighted by Gasteiger charge is 2.14. The molecule has 96 valence electrons. The minimum Gasteiger partial charge on any atom is -0.317 e. The van der Waals surface area contributed by atoms with Crippen LogP contribution in [0, 0.1) is 12.8 Å². The van der Waals surface area contributed by atoms with Gasteiger partial charge in [-0.15, -0.1) is 0 Å². The summed E-state index contributed by atoms with van der Waals surface area (Å²) in [5, 5.41) is 3.47. The number of aryl methyl sites for hydroxylation is 2. The summed E-state index contributed by atoms with van der Waals surface area (Å²) in [7, 11) is 2.09. The third-order valence-electron chi connectivity index (χ3n) is 3.63. The maximum Gasteiger partial charge on any atom is 0.00928 e. The van der Waals surface area contributed by atoms with Gasteiger partial charge in [0.2, 0.25) is 0 Å². The van der Waals surface area contributed by atoms with Crippen molar-refractivity contribution in [1.29, 1.82) is 0 Å². The molecule has 0 heterocycles. The zero-order valence-electron chi connectivity index (χ0n) is 11.8. The van der Waals surface area contributed by atoms with E-state index in [4.69, 9.17) is 0 Å². The zero-order valence-corrected chi connectivity index (χ0v) is 11.8. The van der Waals surface area contributed by atoms with Crippen molar-refractivity contribution in [2.75, 3.05) is 7.05 Å². The summed E-state index contributed by atoms with van der Waals surface area (Å²) in [5.41, 5.74) is 2.83. The Labute approximate surface area is 107 Å². The first-order valence-electron chi connectivity index (χ1n) is 6.90. The highest BCUT2D eigenvalue weighted by atomic mass is 14.9. The fourth-order valence-corrected chi connectivity index (χ4v) is 2.56. The summed E-state index contributed by atoms with van der Waals surface area (Å²) in [5.74, 6) is 0.773. The number of benzene rings is 1. The van der Waals surface area contributed by atoms with Gasteiger partial charge in [-0.1, -0.05) is 50.1 Å². The number of hydrogen-bond donors (Lipinski definition) is 1. The van der Waals surface area contributed by atoms with Gasteiger partial charge in [-0.3, -0.25) is 0 Å². The van der Waals surface area contributed by atoms with Gasteiger partial charge < -0.3 is 5.32 Å². The molecule has 2 unspecified atom stereocenters. The molecule has 1 N–H and O–H groups in total. The molecule has 0 saturated carbocycles. The number of rotatable bonds is 7. The molecule has 1 heteroatoms. The molecule has 1 aromatic rings. The normalized spacial score (nSPS) is 14.6. The second-order valence-electron chi connectivity index (χ2n) is 5.19. The van der Waals surface area contributed by atoms with Crippen molar-refractivity contribution < 1.29 is 0 Å². The lowest BCUT2D eigenvalue weighted by molar-refractivity contribution is 0.355. The van der Waals surface area contributed by atoms with E-state index in [2.05, 4.69) is 57.4 Å². The van der Waals surface area contributed by atoms with E-state index in [1.54, 1.807) is 0 Å². The van der Waals surface area contributed by atoms with Crippen LogP contribution < -0.4 is 5.32 Å². The molecule has 0 aliphatic rings. The first kappa shape index (κ1) is 14.2. The molecular formula is C16H27N. The van der Waals surface area contributed by atoms with Crippen LogP contribution in [0.1, 0.15) is 44.2 Å². The third kappa shape index (κ3) is 4.91. The fourth-order valence-electron chi connectivity index (χ4n) is 2.56. The van der Waals surface area contributed by atoms with Gasteiger partial charge in [0.25, 0.3) is 0 Å². The van der Waals surface area contributed by atoms with Crippen molar-refractivity contribution in [3.8, 4) is 0 Å².